The van der Waals surface area contributed by atoms with Gasteiger partial charge in [0.05, 0.1) is 22.3 Å². The normalized spacial score (nSPS) is 28.0. The van der Waals surface area contributed by atoms with Gasteiger partial charge in [-0.15, -0.1) is 0 Å². The Labute approximate surface area is 346 Å². The minimum Gasteiger partial charge on any atom is -0.463 e. The summed E-state index contributed by atoms with van der Waals surface area (Å²) in [4.78, 5) is 133. The predicted molar refractivity (Wildman–Crippen MR) is 195 cm³/mol. The molecule has 21 nitrogen and oxygen atoms in total. The summed E-state index contributed by atoms with van der Waals surface area (Å²) in [6.07, 6.45) is -14.5. The SMILES string of the molecule is CC(=O)OC[C@H]1O[C@@H](O[C@H]2[C@@H](OC(C)=O)[C@@H](N3C(=O)c4ccccc4C3=O)[C@H](OC(C)=O)O[C@@H]2COC(C)=O)[C@H](N2C(=O)c3ccccc3C2=O)[C@H](OC(C)=O)[C@@H]1OC(C)=O. The molecule has 2 aromatic rings. The molecule has 0 radical (unpaired) electrons. The highest BCUT2D eigenvalue weighted by molar-refractivity contribution is 6.22. The van der Waals surface area contributed by atoms with E-state index in [1.54, 1.807) is 0 Å². The molecule has 2 saturated heterocycles. The molecule has 4 heterocycles. The van der Waals surface area contributed by atoms with Gasteiger partial charge in [0.2, 0.25) is 6.29 Å². The molecule has 6 rings (SSSR count). The summed E-state index contributed by atoms with van der Waals surface area (Å²) >= 11 is 0. The fourth-order valence-corrected chi connectivity index (χ4v) is 7.63. The minimum absolute atomic E-state index is 0.0643. The van der Waals surface area contributed by atoms with E-state index in [1.165, 1.54) is 48.5 Å². The number of nitrogens with zero attached hydrogens (tertiary/aromatic N) is 2. The molecule has 0 N–H and O–H groups in total. The largest absolute Gasteiger partial charge is 0.463 e. The van der Waals surface area contributed by atoms with Gasteiger partial charge < -0.3 is 42.6 Å². The molecule has 0 aromatic heterocycles. The Hall–Kier alpha value is -6.58. The van der Waals surface area contributed by atoms with E-state index in [9.17, 15) is 47.9 Å². The number of esters is 6. The number of hydrogen-bond donors (Lipinski definition) is 0. The van der Waals surface area contributed by atoms with Crippen LogP contribution in [0.4, 0.5) is 0 Å². The van der Waals surface area contributed by atoms with Gasteiger partial charge in [0.1, 0.15) is 43.6 Å². The van der Waals surface area contributed by atoms with Crippen LogP contribution in [0.5, 0.6) is 0 Å². The van der Waals surface area contributed by atoms with Crippen molar-refractivity contribution in [2.75, 3.05) is 13.2 Å². The summed E-state index contributed by atoms with van der Waals surface area (Å²) in [6.45, 7) is 4.63. The molecular weight excluding hydrogens is 812 g/mol. The molecule has 61 heavy (non-hydrogen) atoms. The maximum absolute atomic E-state index is 14.2. The fraction of sp³-hybridized carbons (Fsp3) is 0.450. The van der Waals surface area contributed by atoms with Gasteiger partial charge in [0.25, 0.3) is 23.6 Å². The number of carbonyl (C=O) groups is 10. The summed E-state index contributed by atoms with van der Waals surface area (Å²) in [5.74, 6) is -9.35. The summed E-state index contributed by atoms with van der Waals surface area (Å²) in [6, 6.07) is 7.64. The third kappa shape index (κ3) is 8.98. The van der Waals surface area contributed by atoms with Crippen LogP contribution in [0, 0.1) is 0 Å². The monoisotopic (exact) mass is 852 g/mol. The second-order valence-electron chi connectivity index (χ2n) is 14.2. The Bertz CT molecular complexity index is 2100. The molecule has 21 heteroatoms. The van der Waals surface area contributed by atoms with Crippen molar-refractivity contribution in [2.24, 2.45) is 0 Å². The third-order valence-corrected chi connectivity index (χ3v) is 9.86. The molecule has 4 aliphatic rings. The first kappa shape index (κ1) is 44.0. The quantitative estimate of drug-likeness (QED) is 0.161. The second kappa shape index (κ2) is 18.0. The molecule has 0 bridgehead atoms. The van der Waals surface area contributed by atoms with Crippen LogP contribution in [-0.4, -0.2) is 144 Å². The highest BCUT2D eigenvalue weighted by Gasteiger charge is 2.62. The zero-order chi connectivity index (χ0) is 44.4. The van der Waals surface area contributed by atoms with Crippen molar-refractivity contribution < 1.29 is 90.6 Å². The third-order valence-electron chi connectivity index (χ3n) is 9.86. The van der Waals surface area contributed by atoms with Gasteiger partial charge in [0.15, 0.2) is 24.6 Å². The van der Waals surface area contributed by atoms with Gasteiger partial charge in [-0.1, -0.05) is 24.3 Å². The highest BCUT2D eigenvalue weighted by Crippen LogP contribution is 2.40. The number of rotatable bonds is 12. The number of ether oxygens (including phenoxy) is 9. The number of fused-ring (bicyclic) bond motifs is 2. The molecule has 4 amide bonds. The summed E-state index contributed by atoms with van der Waals surface area (Å²) < 4.78 is 52.0. The fourth-order valence-electron chi connectivity index (χ4n) is 7.63. The number of imide groups is 2. The first-order chi connectivity index (χ1) is 28.9. The molecule has 0 aliphatic carbocycles. The lowest BCUT2D eigenvalue weighted by molar-refractivity contribution is -0.338. The van der Waals surface area contributed by atoms with E-state index in [2.05, 4.69) is 0 Å². The predicted octanol–water partition coefficient (Wildman–Crippen LogP) is 0.635. The lowest BCUT2D eigenvalue weighted by atomic mass is 9.92. The van der Waals surface area contributed by atoms with E-state index in [4.69, 9.17) is 42.6 Å². The van der Waals surface area contributed by atoms with Gasteiger partial charge >= 0.3 is 35.8 Å². The van der Waals surface area contributed by atoms with Crippen LogP contribution >= 0.6 is 0 Å². The van der Waals surface area contributed by atoms with Gasteiger partial charge in [0, 0.05) is 41.5 Å². The van der Waals surface area contributed by atoms with Crippen LogP contribution in [0.2, 0.25) is 0 Å². The molecular formula is C40H40N2O19. The molecule has 324 valence electrons. The van der Waals surface area contributed by atoms with Gasteiger partial charge in [-0.05, 0) is 24.3 Å². The Morgan fingerprint density at radius 1 is 0.459 bits per heavy atom. The van der Waals surface area contributed by atoms with Crippen LogP contribution in [0.3, 0.4) is 0 Å². The lowest BCUT2D eigenvalue weighted by Crippen LogP contribution is -2.71. The maximum Gasteiger partial charge on any atom is 0.305 e. The zero-order valence-electron chi connectivity index (χ0n) is 33.5. The topological polar surface area (TPSA) is 260 Å². The van der Waals surface area contributed by atoms with Crippen molar-refractivity contribution in [3.63, 3.8) is 0 Å². The van der Waals surface area contributed by atoms with Crippen molar-refractivity contribution in [1.29, 1.82) is 0 Å². The van der Waals surface area contributed by atoms with Crippen LogP contribution in [-0.2, 0) is 71.4 Å². The summed E-state index contributed by atoms with van der Waals surface area (Å²) in [5, 5.41) is 0. The van der Waals surface area contributed by atoms with E-state index < -0.39 is 134 Å². The number of hydrogen-bond acceptors (Lipinski definition) is 19. The molecule has 0 saturated carbocycles. The molecule has 2 aromatic carbocycles. The Kier molecular flexibility index (Phi) is 12.9. The Morgan fingerprint density at radius 2 is 0.787 bits per heavy atom. The van der Waals surface area contributed by atoms with Gasteiger partial charge in [-0.25, -0.2) is 0 Å². The highest BCUT2D eigenvalue weighted by atomic mass is 16.8. The van der Waals surface area contributed by atoms with Crippen LogP contribution in [0.25, 0.3) is 0 Å². The summed E-state index contributed by atoms with van der Waals surface area (Å²) in [5.41, 5.74) is -0.295. The molecule has 2 fully saturated rings. The number of carbonyl (C=O) groups excluding carboxylic acids is 10. The Morgan fingerprint density at radius 3 is 1.16 bits per heavy atom. The number of amides is 4. The van der Waals surface area contributed by atoms with E-state index in [0.29, 0.717) is 9.80 Å². The van der Waals surface area contributed by atoms with Gasteiger partial charge in [-0.2, -0.15) is 0 Å². The average molecular weight is 853 g/mol. The van der Waals surface area contributed by atoms with Crippen LogP contribution in [0.1, 0.15) is 83.0 Å². The van der Waals surface area contributed by atoms with Crippen molar-refractivity contribution in [3.05, 3.63) is 70.8 Å². The van der Waals surface area contributed by atoms with E-state index >= 15 is 0 Å². The molecule has 0 spiro atoms. The van der Waals surface area contributed by atoms with Crippen molar-refractivity contribution in [3.8, 4) is 0 Å². The van der Waals surface area contributed by atoms with Crippen molar-refractivity contribution >= 4 is 59.4 Å². The van der Waals surface area contributed by atoms with Crippen molar-refractivity contribution in [2.45, 2.75) is 103 Å². The van der Waals surface area contributed by atoms with Crippen LogP contribution in [0.15, 0.2) is 48.5 Å². The lowest BCUT2D eigenvalue weighted by Gasteiger charge is -2.51. The Balaban J connectivity index is 1.54. The van der Waals surface area contributed by atoms with E-state index in [-0.39, 0.29) is 22.3 Å². The molecule has 0 unspecified atom stereocenters. The second-order valence-corrected chi connectivity index (χ2v) is 14.2. The molecule has 4 aliphatic heterocycles. The van der Waals surface area contributed by atoms with Crippen LogP contribution < -0.4 is 0 Å². The summed E-state index contributed by atoms with van der Waals surface area (Å²) in [7, 11) is 0. The zero-order valence-corrected chi connectivity index (χ0v) is 33.5. The van der Waals surface area contributed by atoms with Gasteiger partial charge in [-0.3, -0.25) is 57.7 Å². The average Bonchev–Trinajstić information content (AvgIpc) is 3.58. The smallest absolute Gasteiger partial charge is 0.305 e. The van der Waals surface area contributed by atoms with E-state index in [1.807, 2.05) is 0 Å². The first-order valence-electron chi connectivity index (χ1n) is 18.7. The maximum atomic E-state index is 14.2. The van der Waals surface area contributed by atoms with E-state index in [0.717, 1.165) is 41.5 Å². The minimum atomic E-state index is -2.06. The molecule has 10 atom stereocenters. The van der Waals surface area contributed by atoms with Crippen molar-refractivity contribution in [1.82, 2.24) is 9.80 Å². The number of benzene rings is 2. The standard InChI is InChI=1S/C40H40N2O19/c1-17(43)53-15-27-31(55-19(3)45)33(56-20(4)46)30(42-37(51)25-13-9-10-14-26(25)38(42)52)40(60-27)61-32-28(16-54-18(2)44)59-39(58-22(6)48)29(34(32)57-21(5)47)41-35(49)23-11-7-8-12-24(23)36(41)50/h7-14,27-34,39-40H,15-16H2,1-6H3/t27-,28-,29-,30-,31-,32-,33+,34+,39-,40+/m1/s1. The first-order valence-corrected chi connectivity index (χ1v) is 18.7.